The summed E-state index contributed by atoms with van der Waals surface area (Å²) in [5.41, 5.74) is 0.229. The highest BCUT2D eigenvalue weighted by atomic mass is 16.5. The lowest BCUT2D eigenvalue weighted by molar-refractivity contribution is -0.135. The number of aromatic nitrogens is 1. The Kier molecular flexibility index (Phi) is 3.38. The quantitative estimate of drug-likeness (QED) is 0.773. The zero-order valence-corrected chi connectivity index (χ0v) is 11.6. The van der Waals surface area contributed by atoms with Crippen molar-refractivity contribution < 1.29 is 14.3 Å². The maximum absolute atomic E-state index is 12.4. The number of esters is 1. The number of methoxy groups -OCH3 is 1. The number of carbonyl (C=O) groups excluding carboxylic acids is 1. The molecule has 0 amide bonds. The number of carbonyl (C=O) groups is 1. The fourth-order valence-electron chi connectivity index (χ4n) is 3.24. The van der Waals surface area contributed by atoms with Crippen LogP contribution >= 0.6 is 0 Å². The van der Waals surface area contributed by atoms with Crippen molar-refractivity contribution in [3.63, 3.8) is 0 Å². The summed E-state index contributed by atoms with van der Waals surface area (Å²) in [5.74, 6) is -0.566. The van der Waals surface area contributed by atoms with Crippen molar-refractivity contribution in [2.45, 2.75) is 31.7 Å². The third-order valence-electron chi connectivity index (χ3n) is 4.61. The molecule has 108 valence electrons. The molecule has 1 aliphatic carbocycles. The topological polar surface area (TPSA) is 57.5 Å². The van der Waals surface area contributed by atoms with E-state index in [1.165, 1.54) is 13.2 Å². The van der Waals surface area contributed by atoms with E-state index in [2.05, 4.69) is 4.74 Å². The van der Waals surface area contributed by atoms with Gasteiger partial charge < -0.3 is 14.0 Å². The molecule has 0 atom stereocenters. The molecule has 0 unspecified atom stereocenters. The van der Waals surface area contributed by atoms with Gasteiger partial charge in [-0.05, 0) is 37.8 Å². The van der Waals surface area contributed by atoms with Gasteiger partial charge in [0.2, 0.25) is 0 Å². The van der Waals surface area contributed by atoms with Crippen LogP contribution in [0.5, 0.6) is 0 Å². The lowest BCUT2D eigenvalue weighted by Gasteiger charge is -2.46. The molecule has 2 heterocycles. The number of rotatable bonds is 2. The van der Waals surface area contributed by atoms with Crippen LogP contribution in [0.3, 0.4) is 0 Å². The van der Waals surface area contributed by atoms with Gasteiger partial charge in [-0.3, -0.25) is 4.79 Å². The fraction of sp³-hybridized carbons (Fsp3) is 0.600. The number of ether oxygens (including phenoxy) is 2. The van der Waals surface area contributed by atoms with E-state index in [0.717, 1.165) is 38.9 Å². The first kappa shape index (κ1) is 13.4. The second kappa shape index (κ2) is 5.05. The highest BCUT2D eigenvalue weighted by Crippen LogP contribution is 2.45. The summed E-state index contributed by atoms with van der Waals surface area (Å²) in [4.78, 5) is 23.9. The van der Waals surface area contributed by atoms with E-state index in [4.69, 9.17) is 4.74 Å². The fourth-order valence-corrected chi connectivity index (χ4v) is 3.24. The molecule has 1 aliphatic heterocycles. The largest absolute Gasteiger partial charge is 0.465 e. The van der Waals surface area contributed by atoms with Crippen molar-refractivity contribution in [2.24, 2.45) is 5.41 Å². The molecule has 1 aromatic heterocycles. The number of hydrogen-bond acceptors (Lipinski definition) is 4. The normalized spacial score (nSPS) is 21.4. The summed E-state index contributed by atoms with van der Waals surface area (Å²) in [5, 5.41) is 0. The maximum atomic E-state index is 12.4. The van der Waals surface area contributed by atoms with E-state index in [-0.39, 0.29) is 17.2 Å². The molecule has 2 fully saturated rings. The van der Waals surface area contributed by atoms with Gasteiger partial charge in [0.15, 0.2) is 0 Å². The van der Waals surface area contributed by atoms with Crippen molar-refractivity contribution in [2.75, 3.05) is 20.3 Å². The molecule has 3 rings (SSSR count). The molecular formula is C15H19NO4. The summed E-state index contributed by atoms with van der Waals surface area (Å²) >= 11 is 0. The summed E-state index contributed by atoms with van der Waals surface area (Å²) in [7, 11) is 1.29. The monoisotopic (exact) mass is 277 g/mol. The van der Waals surface area contributed by atoms with Crippen LogP contribution in [0.25, 0.3) is 0 Å². The minimum atomic E-state index is -0.566. The van der Waals surface area contributed by atoms with E-state index in [1.54, 1.807) is 16.8 Å². The molecule has 1 saturated heterocycles. The van der Waals surface area contributed by atoms with E-state index >= 15 is 0 Å². The van der Waals surface area contributed by atoms with Crippen LogP contribution < -0.4 is 5.56 Å². The van der Waals surface area contributed by atoms with E-state index in [0.29, 0.717) is 5.41 Å². The molecule has 5 heteroatoms. The molecule has 1 saturated carbocycles. The second-order valence-electron chi connectivity index (χ2n) is 5.85. The zero-order valence-electron chi connectivity index (χ0n) is 11.6. The first-order valence-electron chi connectivity index (χ1n) is 7.02. The van der Waals surface area contributed by atoms with Crippen LogP contribution in [0.2, 0.25) is 0 Å². The lowest BCUT2D eigenvalue weighted by atomic mass is 9.71. The number of nitrogens with zero attached hydrogens (tertiary/aromatic N) is 1. The van der Waals surface area contributed by atoms with Crippen molar-refractivity contribution in [3.05, 3.63) is 34.2 Å². The number of hydrogen-bond donors (Lipinski definition) is 0. The van der Waals surface area contributed by atoms with Crippen LogP contribution in [0, 0.1) is 5.41 Å². The van der Waals surface area contributed by atoms with Crippen LogP contribution in [-0.2, 0) is 9.47 Å². The third kappa shape index (κ3) is 2.16. The van der Waals surface area contributed by atoms with Gasteiger partial charge in [0.25, 0.3) is 5.56 Å². The lowest BCUT2D eigenvalue weighted by Crippen LogP contribution is -2.46. The third-order valence-corrected chi connectivity index (χ3v) is 4.61. The Morgan fingerprint density at radius 1 is 1.40 bits per heavy atom. The zero-order chi connectivity index (χ0) is 14.2. The Morgan fingerprint density at radius 2 is 2.10 bits per heavy atom. The Morgan fingerprint density at radius 3 is 2.65 bits per heavy atom. The van der Waals surface area contributed by atoms with Crippen LogP contribution in [0.15, 0.2) is 23.1 Å². The second-order valence-corrected chi connectivity index (χ2v) is 5.85. The van der Waals surface area contributed by atoms with Gasteiger partial charge in [-0.25, -0.2) is 4.79 Å². The minimum absolute atomic E-state index is 0.113. The molecule has 0 bridgehead atoms. The molecule has 0 radical (unpaired) electrons. The van der Waals surface area contributed by atoms with Gasteiger partial charge in [0.05, 0.1) is 20.3 Å². The Bertz CT molecular complexity index is 563. The molecule has 0 N–H and O–H groups in total. The SMILES string of the molecule is COC(=O)c1cccn(C2CCC3(CC2)COC3)c1=O. The van der Waals surface area contributed by atoms with E-state index in [1.807, 2.05) is 0 Å². The van der Waals surface area contributed by atoms with Crippen molar-refractivity contribution in [1.29, 1.82) is 0 Å². The van der Waals surface area contributed by atoms with E-state index < -0.39 is 5.97 Å². The summed E-state index contributed by atoms with van der Waals surface area (Å²) < 4.78 is 11.7. The standard InChI is InChI=1S/C15H19NO4/c1-19-14(18)12-3-2-8-16(13(12)17)11-4-6-15(7-5-11)9-20-10-15/h2-3,8,11H,4-7,9-10H2,1H3. The predicted octanol–water partition coefficient (Wildman–Crippen LogP) is 1.77. The minimum Gasteiger partial charge on any atom is -0.465 e. The first-order valence-corrected chi connectivity index (χ1v) is 7.02. The van der Waals surface area contributed by atoms with Crippen LogP contribution in [0.4, 0.5) is 0 Å². The maximum Gasteiger partial charge on any atom is 0.343 e. The van der Waals surface area contributed by atoms with Crippen LogP contribution in [-0.4, -0.2) is 30.9 Å². The summed E-state index contributed by atoms with van der Waals surface area (Å²) in [6.07, 6.45) is 5.88. The molecule has 2 aliphatic rings. The van der Waals surface area contributed by atoms with Gasteiger partial charge >= 0.3 is 5.97 Å². The smallest absolute Gasteiger partial charge is 0.343 e. The van der Waals surface area contributed by atoms with Crippen molar-refractivity contribution in [3.8, 4) is 0 Å². The van der Waals surface area contributed by atoms with Gasteiger partial charge in [0, 0.05) is 17.7 Å². The average Bonchev–Trinajstić information content (AvgIpc) is 2.45. The predicted molar refractivity (Wildman–Crippen MR) is 72.8 cm³/mol. The molecule has 1 aromatic rings. The highest BCUT2D eigenvalue weighted by Gasteiger charge is 2.42. The molecular weight excluding hydrogens is 258 g/mol. The van der Waals surface area contributed by atoms with Gasteiger partial charge in [-0.2, -0.15) is 0 Å². The average molecular weight is 277 g/mol. The summed E-state index contributed by atoms with van der Waals surface area (Å²) in [6, 6.07) is 3.44. The Labute approximate surface area is 117 Å². The first-order chi connectivity index (χ1) is 9.65. The molecule has 0 aromatic carbocycles. The van der Waals surface area contributed by atoms with Gasteiger partial charge in [0.1, 0.15) is 5.56 Å². The van der Waals surface area contributed by atoms with E-state index in [9.17, 15) is 9.59 Å². The Balaban J connectivity index is 1.81. The molecule has 1 spiro atoms. The Hall–Kier alpha value is -1.62. The van der Waals surface area contributed by atoms with Gasteiger partial charge in [-0.1, -0.05) is 0 Å². The molecule has 5 nitrogen and oxygen atoms in total. The number of pyridine rings is 1. The summed E-state index contributed by atoms with van der Waals surface area (Å²) in [6.45, 7) is 1.72. The van der Waals surface area contributed by atoms with Gasteiger partial charge in [-0.15, -0.1) is 0 Å². The van der Waals surface area contributed by atoms with Crippen LogP contribution in [0.1, 0.15) is 42.1 Å². The van der Waals surface area contributed by atoms with Crippen molar-refractivity contribution in [1.82, 2.24) is 4.57 Å². The van der Waals surface area contributed by atoms with Crippen molar-refractivity contribution >= 4 is 5.97 Å². The highest BCUT2D eigenvalue weighted by molar-refractivity contribution is 5.88. The molecule has 20 heavy (non-hydrogen) atoms.